The van der Waals surface area contributed by atoms with E-state index in [-0.39, 0.29) is 5.91 Å². The minimum absolute atomic E-state index is 0.0991. The minimum atomic E-state index is 0.0991. The number of hydrogen-bond donors (Lipinski definition) is 0. The van der Waals surface area contributed by atoms with Gasteiger partial charge in [-0.05, 0) is 43.9 Å². The highest BCUT2D eigenvalue weighted by Gasteiger charge is 2.23. The molecule has 0 aliphatic carbocycles. The van der Waals surface area contributed by atoms with Crippen LogP contribution in [0.25, 0.3) is 17.0 Å². The van der Waals surface area contributed by atoms with E-state index in [2.05, 4.69) is 6.92 Å². The molecular formula is C18H21NO2. The molecule has 3 nitrogen and oxygen atoms in total. The van der Waals surface area contributed by atoms with E-state index in [4.69, 9.17) is 4.42 Å². The van der Waals surface area contributed by atoms with Crippen LogP contribution in [-0.4, -0.2) is 23.4 Å². The third-order valence-electron chi connectivity index (χ3n) is 4.22. The molecule has 2 heterocycles. The van der Waals surface area contributed by atoms with Gasteiger partial charge in [-0.3, -0.25) is 4.79 Å². The molecule has 1 aromatic heterocycles. The van der Waals surface area contributed by atoms with Crippen molar-refractivity contribution in [3.63, 3.8) is 0 Å². The van der Waals surface area contributed by atoms with Crippen molar-refractivity contribution >= 4 is 23.0 Å². The lowest BCUT2D eigenvalue weighted by atomic mass is 10.00. The second-order valence-corrected chi connectivity index (χ2v) is 5.61. The summed E-state index contributed by atoms with van der Waals surface area (Å²) in [5.41, 5.74) is 0.856. The summed E-state index contributed by atoms with van der Waals surface area (Å²) in [5.74, 6) is 0.830. The smallest absolute Gasteiger partial charge is 0.246 e. The summed E-state index contributed by atoms with van der Waals surface area (Å²) < 4.78 is 5.70. The third kappa shape index (κ3) is 3.02. The van der Waals surface area contributed by atoms with E-state index in [9.17, 15) is 4.79 Å². The third-order valence-corrected chi connectivity index (χ3v) is 4.22. The number of amides is 1. The maximum absolute atomic E-state index is 12.4. The molecule has 3 rings (SSSR count). The number of carbonyl (C=O) groups is 1. The van der Waals surface area contributed by atoms with E-state index in [1.807, 2.05) is 35.2 Å². The van der Waals surface area contributed by atoms with Gasteiger partial charge in [0.1, 0.15) is 11.3 Å². The van der Waals surface area contributed by atoms with Crippen molar-refractivity contribution in [2.24, 2.45) is 0 Å². The lowest BCUT2D eigenvalue weighted by Crippen LogP contribution is -2.42. The van der Waals surface area contributed by atoms with Crippen LogP contribution in [0.3, 0.4) is 0 Å². The number of carbonyl (C=O) groups excluding carboxylic acids is 1. The SMILES string of the molecule is CCC1CCCCN1C(=O)/C=C/c1cc2ccccc2o1. The van der Waals surface area contributed by atoms with Gasteiger partial charge in [-0.15, -0.1) is 0 Å². The number of furan rings is 1. The molecule has 1 atom stereocenters. The molecule has 1 saturated heterocycles. The zero-order valence-electron chi connectivity index (χ0n) is 12.4. The number of likely N-dealkylation sites (tertiary alicyclic amines) is 1. The second kappa shape index (κ2) is 6.17. The summed E-state index contributed by atoms with van der Waals surface area (Å²) in [6, 6.07) is 10.2. The molecule has 0 bridgehead atoms. The minimum Gasteiger partial charge on any atom is -0.457 e. The van der Waals surface area contributed by atoms with Gasteiger partial charge in [0.25, 0.3) is 0 Å². The van der Waals surface area contributed by atoms with Crippen LogP contribution in [0.15, 0.2) is 40.8 Å². The summed E-state index contributed by atoms with van der Waals surface area (Å²) >= 11 is 0. The first kappa shape index (κ1) is 13.9. The molecular weight excluding hydrogens is 262 g/mol. The van der Waals surface area contributed by atoms with Crippen LogP contribution in [0.5, 0.6) is 0 Å². The standard InChI is InChI=1S/C18H21NO2/c1-2-15-8-5-6-12-19(15)18(20)11-10-16-13-14-7-3-4-9-17(14)21-16/h3-4,7,9-11,13,15H,2,5-6,8,12H2,1H3/b11-10+. The fourth-order valence-corrected chi connectivity index (χ4v) is 3.05. The van der Waals surface area contributed by atoms with Crippen LogP contribution in [-0.2, 0) is 4.79 Å². The second-order valence-electron chi connectivity index (χ2n) is 5.61. The molecule has 1 aliphatic rings. The Bertz CT molecular complexity index is 623. The van der Waals surface area contributed by atoms with Gasteiger partial charge < -0.3 is 9.32 Å². The molecule has 0 saturated carbocycles. The lowest BCUT2D eigenvalue weighted by Gasteiger charge is -2.34. The maximum Gasteiger partial charge on any atom is 0.246 e. The quantitative estimate of drug-likeness (QED) is 0.789. The van der Waals surface area contributed by atoms with Gasteiger partial charge in [-0.2, -0.15) is 0 Å². The largest absolute Gasteiger partial charge is 0.457 e. The van der Waals surface area contributed by atoms with E-state index in [1.54, 1.807) is 12.2 Å². The summed E-state index contributed by atoms with van der Waals surface area (Å²) in [5, 5.41) is 1.06. The van der Waals surface area contributed by atoms with E-state index < -0.39 is 0 Å². The highest BCUT2D eigenvalue weighted by molar-refractivity contribution is 5.92. The van der Waals surface area contributed by atoms with Crippen LogP contribution in [0.2, 0.25) is 0 Å². The van der Waals surface area contributed by atoms with Crippen molar-refractivity contribution in [1.82, 2.24) is 4.90 Å². The van der Waals surface area contributed by atoms with Gasteiger partial charge in [0.15, 0.2) is 0 Å². The topological polar surface area (TPSA) is 33.5 Å². The van der Waals surface area contributed by atoms with Gasteiger partial charge in [-0.25, -0.2) is 0 Å². The van der Waals surface area contributed by atoms with Gasteiger partial charge in [0.2, 0.25) is 5.91 Å². The van der Waals surface area contributed by atoms with Crippen molar-refractivity contribution in [3.8, 4) is 0 Å². The van der Waals surface area contributed by atoms with Crippen LogP contribution in [0, 0.1) is 0 Å². The van der Waals surface area contributed by atoms with E-state index in [0.29, 0.717) is 6.04 Å². The first-order valence-corrected chi connectivity index (χ1v) is 7.75. The van der Waals surface area contributed by atoms with Crippen molar-refractivity contribution in [2.45, 2.75) is 38.6 Å². The molecule has 0 spiro atoms. The van der Waals surface area contributed by atoms with Crippen LogP contribution >= 0.6 is 0 Å². The van der Waals surface area contributed by atoms with Crippen molar-refractivity contribution < 1.29 is 9.21 Å². The summed E-state index contributed by atoms with van der Waals surface area (Å²) in [6.07, 6.45) is 7.93. The van der Waals surface area contributed by atoms with Gasteiger partial charge in [0, 0.05) is 24.0 Å². The molecule has 1 aliphatic heterocycles. The predicted molar refractivity (Wildman–Crippen MR) is 84.9 cm³/mol. The van der Waals surface area contributed by atoms with Crippen molar-refractivity contribution in [1.29, 1.82) is 0 Å². The zero-order chi connectivity index (χ0) is 14.7. The fraction of sp³-hybridized carbons (Fsp3) is 0.389. The predicted octanol–water partition coefficient (Wildman–Crippen LogP) is 4.24. The summed E-state index contributed by atoms with van der Waals surface area (Å²) in [6.45, 7) is 3.03. The van der Waals surface area contributed by atoms with Crippen LogP contribution < -0.4 is 0 Å². The van der Waals surface area contributed by atoms with E-state index in [0.717, 1.165) is 42.5 Å². The maximum atomic E-state index is 12.4. The Morgan fingerprint density at radius 2 is 2.24 bits per heavy atom. The molecule has 1 aromatic carbocycles. The Kier molecular flexibility index (Phi) is 4.09. The Labute approximate surface area is 125 Å². The number of fused-ring (bicyclic) bond motifs is 1. The number of rotatable bonds is 3. The number of hydrogen-bond acceptors (Lipinski definition) is 2. The fourth-order valence-electron chi connectivity index (χ4n) is 3.05. The molecule has 21 heavy (non-hydrogen) atoms. The number of nitrogens with zero attached hydrogens (tertiary/aromatic N) is 1. The molecule has 0 radical (unpaired) electrons. The first-order valence-electron chi connectivity index (χ1n) is 7.75. The lowest BCUT2D eigenvalue weighted by molar-refractivity contribution is -0.129. The molecule has 1 amide bonds. The number of para-hydroxylation sites is 1. The Hall–Kier alpha value is -2.03. The van der Waals surface area contributed by atoms with Gasteiger partial charge in [-0.1, -0.05) is 25.1 Å². The van der Waals surface area contributed by atoms with Crippen molar-refractivity contribution in [3.05, 3.63) is 42.2 Å². The Morgan fingerprint density at radius 3 is 3.05 bits per heavy atom. The van der Waals surface area contributed by atoms with Crippen molar-refractivity contribution in [2.75, 3.05) is 6.54 Å². The van der Waals surface area contributed by atoms with E-state index >= 15 is 0 Å². The summed E-state index contributed by atoms with van der Waals surface area (Å²) in [4.78, 5) is 14.4. The van der Waals surface area contributed by atoms with Gasteiger partial charge in [0.05, 0.1) is 0 Å². The molecule has 110 valence electrons. The monoisotopic (exact) mass is 283 g/mol. The summed E-state index contributed by atoms with van der Waals surface area (Å²) in [7, 11) is 0. The molecule has 1 unspecified atom stereocenters. The number of piperidine rings is 1. The Balaban J connectivity index is 1.73. The highest BCUT2D eigenvalue weighted by atomic mass is 16.3. The molecule has 1 fully saturated rings. The molecule has 2 aromatic rings. The first-order chi connectivity index (χ1) is 10.3. The number of benzene rings is 1. The van der Waals surface area contributed by atoms with Crippen LogP contribution in [0.4, 0.5) is 0 Å². The zero-order valence-corrected chi connectivity index (χ0v) is 12.4. The highest BCUT2D eigenvalue weighted by Crippen LogP contribution is 2.22. The average molecular weight is 283 g/mol. The van der Waals surface area contributed by atoms with Gasteiger partial charge >= 0.3 is 0 Å². The Morgan fingerprint density at radius 1 is 1.38 bits per heavy atom. The molecule has 3 heteroatoms. The normalized spacial score (nSPS) is 19.5. The molecule has 0 N–H and O–H groups in total. The van der Waals surface area contributed by atoms with E-state index in [1.165, 1.54) is 6.42 Å². The average Bonchev–Trinajstić information content (AvgIpc) is 2.95. The van der Waals surface area contributed by atoms with Crippen LogP contribution in [0.1, 0.15) is 38.4 Å².